The first kappa shape index (κ1) is 23.7. The summed E-state index contributed by atoms with van der Waals surface area (Å²) in [7, 11) is 1.49. The van der Waals surface area contributed by atoms with Gasteiger partial charge in [0.15, 0.2) is 11.6 Å². The molecule has 0 saturated carbocycles. The zero-order valence-corrected chi connectivity index (χ0v) is 20.1. The predicted octanol–water partition coefficient (Wildman–Crippen LogP) is 2.67. The van der Waals surface area contributed by atoms with Gasteiger partial charge in [0.2, 0.25) is 5.91 Å². The van der Waals surface area contributed by atoms with Crippen LogP contribution in [0.5, 0.6) is 6.01 Å². The topological polar surface area (TPSA) is 111 Å². The van der Waals surface area contributed by atoms with Crippen molar-refractivity contribution in [1.29, 1.82) is 5.26 Å². The van der Waals surface area contributed by atoms with Gasteiger partial charge in [-0.15, -0.1) is 0 Å². The molecule has 36 heavy (non-hydrogen) atoms. The number of rotatable bonds is 4. The Morgan fingerprint density at radius 1 is 1.36 bits per heavy atom. The number of benzene rings is 1. The predicted molar refractivity (Wildman–Crippen MR) is 130 cm³/mol. The molecule has 1 aromatic heterocycles. The fourth-order valence-corrected chi connectivity index (χ4v) is 5.74. The standard InChI is InChI=1S/C26H27FN6O3/c1-16(27)23(34)33-13-12-32(15-18(33)9-11-28)22-21-20(29-25(31-22)36-2)14-26(24(35)30-21)10-5-7-17-6-3-4-8-19(17)26/h3-4,6,8,18H,1,5,7,9-10,12-15H2,2H3,(H,30,35). The molecule has 2 aliphatic heterocycles. The number of anilines is 2. The smallest absolute Gasteiger partial charge is 0.318 e. The molecule has 2 amide bonds. The summed E-state index contributed by atoms with van der Waals surface area (Å²) >= 11 is 0. The lowest BCUT2D eigenvalue weighted by atomic mass is 9.65. The maximum absolute atomic E-state index is 13.7. The fourth-order valence-electron chi connectivity index (χ4n) is 5.74. The number of fused-ring (bicyclic) bond motifs is 3. The Morgan fingerprint density at radius 2 is 2.17 bits per heavy atom. The Kier molecular flexibility index (Phi) is 6.08. The van der Waals surface area contributed by atoms with Gasteiger partial charge in [-0.05, 0) is 30.4 Å². The molecule has 186 valence electrons. The Bertz CT molecular complexity index is 1290. The molecule has 0 radical (unpaired) electrons. The Morgan fingerprint density at radius 3 is 2.92 bits per heavy atom. The molecule has 3 heterocycles. The van der Waals surface area contributed by atoms with E-state index in [1.807, 2.05) is 23.1 Å². The van der Waals surface area contributed by atoms with Crippen LogP contribution in [0, 0.1) is 11.3 Å². The van der Waals surface area contributed by atoms with Crippen LogP contribution in [-0.4, -0.2) is 59.5 Å². The summed E-state index contributed by atoms with van der Waals surface area (Å²) in [6.45, 7) is 3.86. The van der Waals surface area contributed by atoms with E-state index in [2.05, 4.69) is 34.0 Å². The molecule has 9 nitrogen and oxygen atoms in total. The number of aryl methyl sites for hydroxylation is 1. The van der Waals surface area contributed by atoms with Crippen molar-refractivity contribution < 1.29 is 18.7 Å². The molecule has 1 aromatic carbocycles. The van der Waals surface area contributed by atoms with Crippen LogP contribution in [0.2, 0.25) is 0 Å². The first-order valence-electron chi connectivity index (χ1n) is 12.0. The van der Waals surface area contributed by atoms with E-state index in [-0.39, 0.29) is 31.4 Å². The van der Waals surface area contributed by atoms with Crippen LogP contribution in [0.1, 0.15) is 36.1 Å². The zero-order chi connectivity index (χ0) is 25.4. The summed E-state index contributed by atoms with van der Waals surface area (Å²) in [5, 5.41) is 12.4. The van der Waals surface area contributed by atoms with E-state index in [0.29, 0.717) is 30.2 Å². The van der Waals surface area contributed by atoms with Crippen molar-refractivity contribution in [2.75, 3.05) is 37.0 Å². The highest BCUT2D eigenvalue weighted by atomic mass is 19.1. The molecule has 2 atom stereocenters. The van der Waals surface area contributed by atoms with Crippen molar-refractivity contribution >= 4 is 23.3 Å². The van der Waals surface area contributed by atoms with Gasteiger partial charge in [-0.3, -0.25) is 9.59 Å². The lowest BCUT2D eigenvalue weighted by Gasteiger charge is -2.44. The van der Waals surface area contributed by atoms with Crippen LogP contribution < -0.4 is 15.0 Å². The summed E-state index contributed by atoms with van der Waals surface area (Å²) in [4.78, 5) is 38.4. The van der Waals surface area contributed by atoms with Gasteiger partial charge < -0.3 is 19.9 Å². The highest BCUT2D eigenvalue weighted by molar-refractivity contribution is 6.04. The molecule has 1 aliphatic carbocycles. The van der Waals surface area contributed by atoms with Gasteiger partial charge >= 0.3 is 6.01 Å². The fraction of sp³-hybridized carbons (Fsp3) is 0.423. The maximum atomic E-state index is 13.7. The summed E-state index contributed by atoms with van der Waals surface area (Å²) in [5.74, 6) is -1.49. The third-order valence-electron chi connectivity index (χ3n) is 7.45. The van der Waals surface area contributed by atoms with Gasteiger partial charge in [0.1, 0.15) is 5.69 Å². The number of nitriles is 1. The van der Waals surface area contributed by atoms with Crippen molar-refractivity contribution in [2.24, 2.45) is 0 Å². The van der Waals surface area contributed by atoms with Crippen molar-refractivity contribution in [3.63, 3.8) is 0 Å². The molecule has 2 aromatic rings. The minimum absolute atomic E-state index is 0.0200. The second-order valence-corrected chi connectivity index (χ2v) is 9.44. The van der Waals surface area contributed by atoms with Crippen molar-refractivity contribution in [2.45, 2.75) is 43.6 Å². The number of halogens is 1. The Labute approximate surface area is 208 Å². The number of amides is 2. The quantitative estimate of drug-likeness (QED) is 0.656. The number of hydrogen-bond donors (Lipinski definition) is 1. The average molecular weight is 491 g/mol. The van der Waals surface area contributed by atoms with Crippen molar-refractivity contribution in [3.8, 4) is 12.1 Å². The van der Waals surface area contributed by atoms with Crippen LogP contribution in [0.15, 0.2) is 36.7 Å². The second-order valence-electron chi connectivity index (χ2n) is 9.44. The number of ether oxygens (including phenoxy) is 1. The molecule has 10 heteroatoms. The Balaban J connectivity index is 1.53. The van der Waals surface area contributed by atoms with E-state index in [1.54, 1.807) is 0 Å². The average Bonchev–Trinajstić information content (AvgIpc) is 2.89. The van der Waals surface area contributed by atoms with Crippen LogP contribution in [0.3, 0.4) is 0 Å². The number of carbonyl (C=O) groups is 2. The van der Waals surface area contributed by atoms with Crippen LogP contribution in [-0.2, 0) is 27.8 Å². The molecule has 2 unspecified atom stereocenters. The van der Waals surface area contributed by atoms with Crippen LogP contribution in [0.25, 0.3) is 0 Å². The Hall–Kier alpha value is -4.00. The van der Waals surface area contributed by atoms with E-state index < -0.39 is 23.2 Å². The summed E-state index contributed by atoms with van der Waals surface area (Å²) in [5.41, 5.74) is 2.69. The molecular formula is C26H27FN6O3. The number of nitrogens with zero attached hydrogens (tertiary/aromatic N) is 5. The SMILES string of the molecule is C=C(F)C(=O)N1CCN(c2nc(OC)nc3c2NC(=O)C2(CCCc4ccccc42)C3)CC1CC#N. The van der Waals surface area contributed by atoms with E-state index >= 15 is 0 Å². The minimum Gasteiger partial charge on any atom is -0.467 e. The molecule has 3 aliphatic rings. The van der Waals surface area contributed by atoms with E-state index in [0.717, 1.165) is 24.8 Å². The molecule has 0 bridgehead atoms. The van der Waals surface area contributed by atoms with Gasteiger partial charge in [0.05, 0.1) is 36.8 Å². The molecular weight excluding hydrogens is 463 g/mol. The number of piperazine rings is 1. The van der Waals surface area contributed by atoms with E-state index in [9.17, 15) is 19.2 Å². The highest BCUT2D eigenvalue weighted by Gasteiger charge is 2.48. The maximum Gasteiger partial charge on any atom is 0.318 e. The lowest BCUT2D eigenvalue weighted by molar-refractivity contribution is -0.131. The van der Waals surface area contributed by atoms with E-state index in [4.69, 9.17) is 4.74 Å². The number of carbonyl (C=O) groups excluding carboxylic acids is 2. The minimum atomic E-state index is -1.06. The van der Waals surface area contributed by atoms with E-state index in [1.165, 1.54) is 17.6 Å². The second kappa shape index (κ2) is 9.22. The zero-order valence-electron chi connectivity index (χ0n) is 20.1. The third-order valence-corrected chi connectivity index (χ3v) is 7.45. The monoisotopic (exact) mass is 490 g/mol. The molecule has 1 fully saturated rings. The number of hydrogen-bond acceptors (Lipinski definition) is 7. The number of methoxy groups -OCH3 is 1. The molecule has 5 rings (SSSR count). The van der Waals surface area contributed by atoms with Crippen molar-refractivity contribution in [1.82, 2.24) is 14.9 Å². The van der Waals surface area contributed by atoms with Gasteiger partial charge in [0, 0.05) is 26.1 Å². The van der Waals surface area contributed by atoms with Gasteiger partial charge in [-0.2, -0.15) is 15.2 Å². The molecule has 1 spiro atoms. The van der Waals surface area contributed by atoms with Gasteiger partial charge in [0.25, 0.3) is 5.91 Å². The molecule has 1 N–H and O–H groups in total. The number of aromatic nitrogens is 2. The normalized spacial score (nSPS) is 22.8. The summed E-state index contributed by atoms with van der Waals surface area (Å²) in [6, 6.07) is 9.75. The van der Waals surface area contributed by atoms with Crippen LogP contribution in [0.4, 0.5) is 15.9 Å². The van der Waals surface area contributed by atoms with Crippen molar-refractivity contribution in [3.05, 3.63) is 53.5 Å². The highest BCUT2D eigenvalue weighted by Crippen LogP contribution is 2.46. The summed E-state index contributed by atoms with van der Waals surface area (Å²) < 4.78 is 19.0. The molecule has 1 saturated heterocycles. The largest absolute Gasteiger partial charge is 0.467 e. The first-order chi connectivity index (χ1) is 17.4. The third kappa shape index (κ3) is 3.85. The van der Waals surface area contributed by atoms with Crippen LogP contribution >= 0.6 is 0 Å². The van der Waals surface area contributed by atoms with Gasteiger partial charge in [-0.25, -0.2) is 4.39 Å². The summed E-state index contributed by atoms with van der Waals surface area (Å²) in [6.07, 6.45) is 2.99. The first-order valence-corrected chi connectivity index (χ1v) is 12.0. The number of nitrogens with one attached hydrogen (secondary N) is 1. The lowest BCUT2D eigenvalue weighted by Crippen LogP contribution is -2.56. The van der Waals surface area contributed by atoms with Gasteiger partial charge in [-0.1, -0.05) is 30.8 Å².